The summed E-state index contributed by atoms with van der Waals surface area (Å²) in [6, 6.07) is 5.12. The first-order valence-corrected chi connectivity index (χ1v) is 11.5. The number of carbonyl (C=O) groups excluding carboxylic acids is 2. The molecule has 1 amide bonds. The summed E-state index contributed by atoms with van der Waals surface area (Å²) >= 11 is 11.7. The molecular weight excluding hydrogens is 471 g/mol. The Morgan fingerprint density at radius 3 is 2.31 bits per heavy atom. The van der Waals surface area contributed by atoms with Crippen LogP contribution in [0.3, 0.4) is 0 Å². The van der Waals surface area contributed by atoms with Crippen molar-refractivity contribution in [2.75, 3.05) is 6.26 Å². The lowest BCUT2D eigenvalue weighted by atomic mass is 10.2. The van der Waals surface area contributed by atoms with Crippen LogP contribution < -0.4 is 0 Å². The fraction of sp³-hybridized carbons (Fsp3) is 0.133. The molecule has 14 heteroatoms. The lowest BCUT2D eigenvalue weighted by molar-refractivity contribution is -0.0920. The van der Waals surface area contributed by atoms with Crippen molar-refractivity contribution in [2.24, 2.45) is 0 Å². The number of pyridine rings is 1. The Labute approximate surface area is 175 Å². The molecule has 2 aromatic rings. The molecule has 1 aromatic heterocycles. The van der Waals surface area contributed by atoms with Gasteiger partial charge in [-0.2, -0.15) is 12.7 Å². The van der Waals surface area contributed by atoms with Crippen LogP contribution in [-0.4, -0.2) is 50.7 Å². The third-order valence-corrected chi connectivity index (χ3v) is 6.42. The highest BCUT2D eigenvalue weighted by Gasteiger charge is 2.48. The van der Waals surface area contributed by atoms with Crippen molar-refractivity contribution >= 4 is 55.2 Å². The number of hydrogen-bond donors (Lipinski definition) is 0. The average molecular weight is 481 g/mol. The topological polar surface area (TPSA) is 137 Å². The molecule has 2 heterocycles. The maximum absolute atomic E-state index is 12.8. The van der Waals surface area contributed by atoms with Crippen molar-refractivity contribution in [3.05, 3.63) is 57.8 Å². The van der Waals surface area contributed by atoms with Gasteiger partial charge >= 0.3 is 12.4 Å². The third-order valence-electron chi connectivity index (χ3n) is 3.57. The van der Waals surface area contributed by atoms with Crippen molar-refractivity contribution < 1.29 is 35.3 Å². The van der Waals surface area contributed by atoms with Crippen LogP contribution in [0.2, 0.25) is 10.0 Å². The number of fused-ring (bicyclic) bond motifs is 1. The van der Waals surface area contributed by atoms with Crippen LogP contribution in [0.15, 0.2) is 41.6 Å². The van der Waals surface area contributed by atoms with Crippen LogP contribution in [-0.2, 0) is 29.1 Å². The van der Waals surface area contributed by atoms with Crippen molar-refractivity contribution in [3.63, 3.8) is 0 Å². The first-order valence-electron chi connectivity index (χ1n) is 7.49. The minimum absolute atomic E-state index is 0.0135. The second-order valence-corrected chi connectivity index (χ2v) is 9.79. The second kappa shape index (κ2) is 7.54. The largest absolute Gasteiger partial charge is 0.410 e. The molecular formula is C15H10Cl2N2O8S2. The molecule has 1 aliphatic rings. The highest BCUT2D eigenvalue weighted by Crippen LogP contribution is 2.33. The fourth-order valence-corrected chi connectivity index (χ4v) is 4.95. The molecule has 3 rings (SSSR count). The van der Waals surface area contributed by atoms with Crippen molar-refractivity contribution in [3.8, 4) is 0 Å². The number of rotatable bonds is 5. The van der Waals surface area contributed by atoms with Crippen LogP contribution in [0.1, 0.15) is 20.7 Å². The van der Waals surface area contributed by atoms with E-state index in [0.29, 0.717) is 6.26 Å². The van der Waals surface area contributed by atoms with Gasteiger partial charge in [-0.1, -0.05) is 35.3 Å². The van der Waals surface area contributed by atoms with Gasteiger partial charge in [-0.25, -0.2) is 17.4 Å². The Balaban J connectivity index is 2.06. The second-order valence-electron chi connectivity index (χ2n) is 5.59. The first-order chi connectivity index (χ1) is 13.4. The maximum atomic E-state index is 12.8. The molecule has 0 bridgehead atoms. The molecule has 1 atom stereocenters. The van der Waals surface area contributed by atoms with E-state index in [9.17, 15) is 26.4 Å². The lowest BCUT2D eigenvalue weighted by Gasteiger charge is -2.25. The summed E-state index contributed by atoms with van der Waals surface area (Å²) in [6.45, 7) is 0. The maximum Gasteiger partial charge on any atom is 0.345 e. The van der Waals surface area contributed by atoms with Crippen molar-refractivity contribution in [2.45, 2.75) is 11.3 Å². The highest BCUT2D eigenvalue weighted by molar-refractivity contribution is 7.90. The van der Waals surface area contributed by atoms with E-state index in [4.69, 9.17) is 27.9 Å². The molecule has 0 aliphatic carbocycles. The predicted molar refractivity (Wildman–Crippen MR) is 99.2 cm³/mol. The molecule has 0 radical (unpaired) electrons. The zero-order valence-corrected chi connectivity index (χ0v) is 17.4. The number of aromatic nitrogens is 1. The zero-order valence-electron chi connectivity index (χ0n) is 14.3. The van der Waals surface area contributed by atoms with Gasteiger partial charge in [0.25, 0.3) is 26.0 Å². The summed E-state index contributed by atoms with van der Waals surface area (Å²) in [6.07, 6.45) is 0.233. The average Bonchev–Trinajstić information content (AvgIpc) is 2.79. The summed E-state index contributed by atoms with van der Waals surface area (Å²) in [4.78, 5) is 28.4. The van der Waals surface area contributed by atoms with E-state index < -0.39 is 48.9 Å². The highest BCUT2D eigenvalue weighted by atomic mass is 35.5. The van der Waals surface area contributed by atoms with Gasteiger partial charge in [0.1, 0.15) is 10.5 Å². The minimum Gasteiger partial charge on any atom is -0.410 e. The van der Waals surface area contributed by atoms with Gasteiger partial charge in [0.2, 0.25) is 0 Å². The van der Waals surface area contributed by atoms with E-state index in [2.05, 4.69) is 9.17 Å². The van der Waals surface area contributed by atoms with Gasteiger partial charge in [0.05, 0.1) is 21.9 Å². The summed E-state index contributed by atoms with van der Waals surface area (Å²) in [7, 11) is -8.96. The number of nitrogens with zero attached hydrogens (tertiary/aromatic N) is 2. The Bertz CT molecular complexity index is 1210. The van der Waals surface area contributed by atoms with Crippen LogP contribution in [0.5, 0.6) is 0 Å². The van der Waals surface area contributed by atoms with Gasteiger partial charge in [-0.15, -0.1) is 0 Å². The van der Waals surface area contributed by atoms with Gasteiger partial charge in [0.15, 0.2) is 0 Å². The Kier molecular flexibility index (Phi) is 5.58. The molecule has 0 saturated heterocycles. The van der Waals surface area contributed by atoms with E-state index in [1.54, 1.807) is 0 Å². The normalized spacial score (nSPS) is 16.4. The molecule has 1 unspecified atom stereocenters. The third kappa shape index (κ3) is 4.07. The van der Waals surface area contributed by atoms with Crippen molar-refractivity contribution in [1.82, 2.24) is 9.29 Å². The van der Waals surface area contributed by atoms with Gasteiger partial charge in [-0.3, -0.25) is 9.78 Å². The minimum atomic E-state index is -4.58. The Hall–Kier alpha value is -2.25. The molecule has 154 valence electrons. The molecule has 0 spiro atoms. The lowest BCUT2D eigenvalue weighted by Crippen LogP contribution is -2.45. The quantitative estimate of drug-likeness (QED) is 0.355. The molecule has 0 fully saturated rings. The number of halogens is 2. The number of benzene rings is 1. The van der Waals surface area contributed by atoms with E-state index in [1.165, 1.54) is 18.2 Å². The van der Waals surface area contributed by atoms with Gasteiger partial charge in [-0.05, 0) is 12.1 Å². The van der Waals surface area contributed by atoms with Crippen LogP contribution >= 0.6 is 23.2 Å². The summed E-state index contributed by atoms with van der Waals surface area (Å²) in [5.41, 5.74) is -0.669. The van der Waals surface area contributed by atoms with Crippen LogP contribution in [0.4, 0.5) is 0 Å². The van der Waals surface area contributed by atoms with E-state index in [-0.39, 0.29) is 19.9 Å². The van der Waals surface area contributed by atoms with E-state index in [1.807, 2.05) is 0 Å². The molecule has 1 aromatic carbocycles. The summed E-state index contributed by atoms with van der Waals surface area (Å²) in [5.74, 6) is -2.48. The standard InChI is InChI=1S/C15H10Cl2N2O8S2/c1-28(22,23)27-15(26-14(21)12-9(16)6-18-7-10(12)17)19-13(20)8-4-2-3-5-11(8)29(19,24)25/h2-7,15H,1H3. The molecule has 29 heavy (non-hydrogen) atoms. The zero-order chi connectivity index (χ0) is 21.6. The van der Waals surface area contributed by atoms with Crippen LogP contribution in [0.25, 0.3) is 0 Å². The molecule has 0 N–H and O–H groups in total. The number of hydrogen-bond acceptors (Lipinski definition) is 9. The number of amides is 1. The number of esters is 1. The molecule has 1 aliphatic heterocycles. The predicted octanol–water partition coefficient (Wildman–Crippen LogP) is 1.65. The summed E-state index contributed by atoms with van der Waals surface area (Å²) in [5, 5.41) is -0.501. The first kappa shape index (κ1) is 21.5. The SMILES string of the molecule is CS(=O)(=O)OC(OC(=O)c1c(Cl)cncc1Cl)N1C(=O)c2ccccc2S1(=O)=O. The molecule has 10 nitrogen and oxygen atoms in total. The van der Waals surface area contributed by atoms with E-state index in [0.717, 1.165) is 18.5 Å². The fourth-order valence-electron chi connectivity index (χ4n) is 2.42. The Morgan fingerprint density at radius 2 is 1.76 bits per heavy atom. The van der Waals surface area contributed by atoms with Gasteiger partial charge < -0.3 is 4.74 Å². The van der Waals surface area contributed by atoms with Crippen LogP contribution in [0, 0.1) is 0 Å². The monoisotopic (exact) mass is 480 g/mol. The Morgan fingerprint density at radius 1 is 1.17 bits per heavy atom. The summed E-state index contributed by atoms with van der Waals surface area (Å²) < 4.78 is 58.2. The number of sulfonamides is 1. The number of ether oxygens (including phenoxy) is 1. The van der Waals surface area contributed by atoms with Crippen molar-refractivity contribution in [1.29, 1.82) is 0 Å². The van der Waals surface area contributed by atoms with E-state index >= 15 is 0 Å². The smallest absolute Gasteiger partial charge is 0.345 e. The molecule has 0 saturated carbocycles. The van der Waals surface area contributed by atoms with Gasteiger partial charge in [0, 0.05) is 12.4 Å². The number of carbonyl (C=O) groups is 2.